The van der Waals surface area contributed by atoms with E-state index in [4.69, 9.17) is 11.6 Å². The molecule has 0 unspecified atom stereocenters. The van der Waals surface area contributed by atoms with Crippen LogP contribution in [0.15, 0.2) is 41.4 Å². The highest BCUT2D eigenvalue weighted by molar-refractivity contribution is 6.34. The lowest BCUT2D eigenvalue weighted by atomic mass is 10.1. The van der Waals surface area contributed by atoms with E-state index in [1.807, 2.05) is 24.3 Å². The summed E-state index contributed by atoms with van der Waals surface area (Å²) in [4.78, 5) is 6.69. The predicted octanol–water partition coefficient (Wildman–Crippen LogP) is 4.40. The van der Waals surface area contributed by atoms with Gasteiger partial charge in [-0.3, -0.25) is 0 Å². The number of halogens is 4. The molecule has 2 aromatic carbocycles. The highest BCUT2D eigenvalue weighted by Gasteiger charge is 2.33. The van der Waals surface area contributed by atoms with E-state index in [1.165, 1.54) is 0 Å². The Morgan fingerprint density at radius 1 is 1.08 bits per heavy atom. The molecule has 0 saturated carbocycles. The summed E-state index contributed by atoms with van der Waals surface area (Å²) in [7, 11) is 0. The van der Waals surface area contributed by atoms with Crippen LogP contribution in [0.4, 0.5) is 30.2 Å². The first-order valence-corrected chi connectivity index (χ1v) is 8.63. The molecule has 4 rings (SSSR count). The van der Waals surface area contributed by atoms with Crippen molar-refractivity contribution in [2.45, 2.75) is 6.18 Å². The number of piperazine rings is 1. The lowest BCUT2D eigenvalue weighted by Gasteiger charge is -2.30. The van der Waals surface area contributed by atoms with Crippen LogP contribution in [-0.2, 0) is 6.18 Å². The summed E-state index contributed by atoms with van der Waals surface area (Å²) in [6.45, 7) is 3.06. The average molecular weight is 381 g/mol. The second kappa shape index (κ2) is 6.48. The molecular weight excluding hydrogens is 365 g/mol. The third-order valence-corrected chi connectivity index (χ3v) is 4.77. The number of amidine groups is 1. The van der Waals surface area contributed by atoms with Crippen molar-refractivity contribution >= 4 is 34.5 Å². The molecule has 2 aliphatic rings. The van der Waals surface area contributed by atoms with Crippen LogP contribution >= 0.6 is 11.6 Å². The summed E-state index contributed by atoms with van der Waals surface area (Å²) in [6.07, 6.45) is -4.48. The lowest BCUT2D eigenvalue weighted by molar-refractivity contribution is -0.137. The monoisotopic (exact) mass is 380 g/mol. The Morgan fingerprint density at radius 3 is 2.54 bits per heavy atom. The first-order chi connectivity index (χ1) is 12.4. The second-order valence-electron chi connectivity index (χ2n) is 6.19. The van der Waals surface area contributed by atoms with Crippen LogP contribution in [-0.4, -0.2) is 36.9 Å². The molecule has 8 heteroatoms. The van der Waals surface area contributed by atoms with Gasteiger partial charge in [-0.1, -0.05) is 23.7 Å². The molecule has 0 radical (unpaired) electrons. The molecule has 1 fully saturated rings. The molecule has 0 atom stereocenters. The van der Waals surface area contributed by atoms with E-state index in [2.05, 4.69) is 20.5 Å². The molecule has 2 aliphatic heterocycles. The molecule has 2 N–H and O–H groups in total. The molecular formula is C18H16ClF3N4. The summed E-state index contributed by atoms with van der Waals surface area (Å²) in [6, 6.07) is 9.51. The van der Waals surface area contributed by atoms with Gasteiger partial charge < -0.3 is 15.5 Å². The van der Waals surface area contributed by atoms with Crippen molar-refractivity contribution in [2.75, 3.05) is 31.5 Å². The molecule has 0 spiro atoms. The summed E-state index contributed by atoms with van der Waals surface area (Å²) < 4.78 is 39.6. The number of anilines is 2. The SMILES string of the molecule is FC(F)(F)c1cc(Cl)c2c(c1)N=C(N1CCNCC1)c1ccccc1N2. The van der Waals surface area contributed by atoms with Crippen molar-refractivity contribution in [3.05, 3.63) is 52.5 Å². The van der Waals surface area contributed by atoms with Gasteiger partial charge >= 0.3 is 6.18 Å². The van der Waals surface area contributed by atoms with Crippen LogP contribution in [0, 0.1) is 0 Å². The van der Waals surface area contributed by atoms with Gasteiger partial charge in [0.1, 0.15) is 5.84 Å². The van der Waals surface area contributed by atoms with Crippen molar-refractivity contribution in [1.29, 1.82) is 0 Å². The Labute approximate surface area is 153 Å². The summed E-state index contributed by atoms with van der Waals surface area (Å²) in [5.74, 6) is 0.656. The third-order valence-electron chi connectivity index (χ3n) is 4.47. The topological polar surface area (TPSA) is 39.7 Å². The number of nitrogens with one attached hydrogen (secondary N) is 2. The van der Waals surface area contributed by atoms with Crippen LogP contribution < -0.4 is 10.6 Å². The van der Waals surface area contributed by atoms with Gasteiger partial charge in [0.25, 0.3) is 0 Å². The largest absolute Gasteiger partial charge is 0.416 e. The van der Waals surface area contributed by atoms with Crippen LogP contribution in [0.25, 0.3) is 0 Å². The number of fused-ring (bicyclic) bond motifs is 2. The van der Waals surface area contributed by atoms with Gasteiger partial charge in [-0.2, -0.15) is 13.2 Å². The van der Waals surface area contributed by atoms with E-state index in [0.29, 0.717) is 11.5 Å². The number of aliphatic imine (C=N–C) groups is 1. The standard InChI is InChI=1S/C18H16ClF3N4/c19-13-9-11(18(20,21)22)10-15-16(13)24-14-4-2-1-3-12(14)17(25-15)26-7-5-23-6-8-26/h1-4,9-10,23-24H,5-8H2. The summed E-state index contributed by atoms with van der Waals surface area (Å²) >= 11 is 6.17. The van der Waals surface area contributed by atoms with Crippen molar-refractivity contribution in [2.24, 2.45) is 4.99 Å². The number of benzene rings is 2. The minimum Gasteiger partial charge on any atom is -0.353 e. The van der Waals surface area contributed by atoms with E-state index < -0.39 is 11.7 Å². The number of alkyl halides is 3. The van der Waals surface area contributed by atoms with Gasteiger partial charge in [-0.25, -0.2) is 4.99 Å². The number of rotatable bonds is 0. The van der Waals surface area contributed by atoms with Gasteiger partial charge in [-0.05, 0) is 24.3 Å². The quantitative estimate of drug-likeness (QED) is 0.711. The van der Waals surface area contributed by atoms with Gasteiger partial charge in [0.15, 0.2) is 0 Å². The van der Waals surface area contributed by atoms with Crippen LogP contribution in [0.2, 0.25) is 5.02 Å². The van der Waals surface area contributed by atoms with Gasteiger partial charge in [0, 0.05) is 37.4 Å². The summed E-state index contributed by atoms with van der Waals surface area (Å²) in [5, 5.41) is 6.43. The van der Waals surface area contributed by atoms with Crippen LogP contribution in [0.3, 0.4) is 0 Å². The molecule has 0 aliphatic carbocycles. The average Bonchev–Trinajstić information content (AvgIpc) is 2.79. The van der Waals surface area contributed by atoms with Crippen LogP contribution in [0.1, 0.15) is 11.1 Å². The minimum atomic E-state index is -4.48. The minimum absolute atomic E-state index is 0.00469. The smallest absolute Gasteiger partial charge is 0.353 e. The Kier molecular flexibility index (Phi) is 4.28. The molecule has 0 aromatic heterocycles. The second-order valence-corrected chi connectivity index (χ2v) is 6.60. The number of nitrogens with zero attached hydrogens (tertiary/aromatic N) is 2. The first kappa shape index (κ1) is 17.2. The van der Waals surface area contributed by atoms with E-state index in [-0.39, 0.29) is 10.7 Å². The maximum atomic E-state index is 13.2. The fourth-order valence-electron chi connectivity index (χ4n) is 3.18. The van der Waals surface area contributed by atoms with E-state index in [1.54, 1.807) is 0 Å². The van der Waals surface area contributed by atoms with E-state index in [9.17, 15) is 13.2 Å². The Hall–Kier alpha value is -2.25. The summed E-state index contributed by atoms with van der Waals surface area (Å²) in [5.41, 5.74) is 1.38. The van der Waals surface area contributed by atoms with Crippen LogP contribution in [0.5, 0.6) is 0 Å². The van der Waals surface area contributed by atoms with E-state index >= 15 is 0 Å². The third kappa shape index (κ3) is 3.12. The molecule has 136 valence electrons. The number of para-hydroxylation sites is 1. The number of hydrogen-bond donors (Lipinski definition) is 2. The maximum Gasteiger partial charge on any atom is 0.416 e. The molecule has 26 heavy (non-hydrogen) atoms. The molecule has 2 aromatic rings. The predicted molar refractivity (Wildman–Crippen MR) is 96.8 cm³/mol. The lowest BCUT2D eigenvalue weighted by Crippen LogP contribution is -2.46. The normalized spacial score (nSPS) is 16.9. The Morgan fingerprint density at radius 2 is 1.81 bits per heavy atom. The van der Waals surface area contributed by atoms with E-state index in [0.717, 1.165) is 49.6 Å². The molecule has 4 nitrogen and oxygen atoms in total. The zero-order chi connectivity index (χ0) is 18.3. The van der Waals surface area contributed by atoms with Gasteiger partial charge in [0.05, 0.1) is 22.0 Å². The Balaban J connectivity index is 1.91. The fraction of sp³-hybridized carbons (Fsp3) is 0.278. The molecule has 2 heterocycles. The zero-order valence-corrected chi connectivity index (χ0v) is 14.5. The van der Waals surface area contributed by atoms with Crippen molar-refractivity contribution < 1.29 is 13.2 Å². The highest BCUT2D eigenvalue weighted by atomic mass is 35.5. The van der Waals surface area contributed by atoms with Crippen molar-refractivity contribution in [3.8, 4) is 0 Å². The maximum absolute atomic E-state index is 13.2. The molecule has 1 saturated heterocycles. The zero-order valence-electron chi connectivity index (χ0n) is 13.7. The molecule has 0 amide bonds. The fourth-order valence-corrected chi connectivity index (χ4v) is 3.44. The first-order valence-electron chi connectivity index (χ1n) is 8.25. The molecule has 0 bridgehead atoms. The van der Waals surface area contributed by atoms with Crippen molar-refractivity contribution in [3.63, 3.8) is 0 Å². The van der Waals surface area contributed by atoms with Gasteiger partial charge in [0.2, 0.25) is 0 Å². The van der Waals surface area contributed by atoms with Gasteiger partial charge in [-0.15, -0.1) is 0 Å². The highest BCUT2D eigenvalue weighted by Crippen LogP contribution is 2.43. The van der Waals surface area contributed by atoms with Crippen molar-refractivity contribution in [1.82, 2.24) is 10.2 Å². The Bertz CT molecular complexity index is 873. The number of hydrogen-bond acceptors (Lipinski definition) is 4.